The lowest BCUT2D eigenvalue weighted by Crippen LogP contribution is -2.30. The summed E-state index contributed by atoms with van der Waals surface area (Å²) in [7, 11) is 3.19. The van der Waals surface area contributed by atoms with Crippen molar-refractivity contribution in [3.05, 3.63) is 46.5 Å². The second-order valence-electron chi connectivity index (χ2n) is 6.57. The summed E-state index contributed by atoms with van der Waals surface area (Å²) in [4.78, 5) is 12.7. The lowest BCUT2D eigenvalue weighted by atomic mass is 9.99. The van der Waals surface area contributed by atoms with E-state index in [0.717, 1.165) is 11.3 Å². The second-order valence-corrected chi connectivity index (χ2v) is 6.57. The molecule has 26 heavy (non-hydrogen) atoms. The van der Waals surface area contributed by atoms with Crippen molar-refractivity contribution in [3.63, 3.8) is 0 Å². The van der Waals surface area contributed by atoms with Crippen molar-refractivity contribution in [2.24, 2.45) is 7.05 Å². The molecular formula is C19H24FN3O3. The number of benzene rings is 1. The van der Waals surface area contributed by atoms with Gasteiger partial charge in [0.05, 0.1) is 25.0 Å². The molecule has 0 fully saturated rings. The fraction of sp³-hybridized carbons (Fsp3) is 0.474. The van der Waals surface area contributed by atoms with Crippen LogP contribution in [0.5, 0.6) is 5.75 Å². The number of hydrogen-bond donors (Lipinski definition) is 1. The average Bonchev–Trinajstić information content (AvgIpc) is 2.92. The van der Waals surface area contributed by atoms with E-state index in [1.54, 1.807) is 29.9 Å². The second kappa shape index (κ2) is 7.45. The highest BCUT2D eigenvalue weighted by Gasteiger charge is 2.31. The molecule has 0 bridgehead atoms. The Bertz CT molecular complexity index is 819. The third-order valence-electron chi connectivity index (χ3n) is 4.65. The summed E-state index contributed by atoms with van der Waals surface area (Å²) >= 11 is 0. The molecule has 1 aliphatic rings. The van der Waals surface area contributed by atoms with Crippen molar-refractivity contribution < 1.29 is 18.7 Å². The minimum absolute atomic E-state index is 0.0409. The number of ether oxygens (including phenoxy) is 2. The van der Waals surface area contributed by atoms with Crippen molar-refractivity contribution in [1.82, 2.24) is 15.1 Å². The van der Waals surface area contributed by atoms with Crippen molar-refractivity contribution in [2.45, 2.75) is 38.9 Å². The molecule has 2 atom stereocenters. The Morgan fingerprint density at radius 2 is 2.23 bits per heavy atom. The van der Waals surface area contributed by atoms with Crippen molar-refractivity contribution in [3.8, 4) is 5.75 Å². The largest absolute Gasteiger partial charge is 0.494 e. The van der Waals surface area contributed by atoms with E-state index in [1.165, 1.54) is 7.11 Å². The summed E-state index contributed by atoms with van der Waals surface area (Å²) in [5.41, 5.74) is 2.80. The summed E-state index contributed by atoms with van der Waals surface area (Å²) in [5.74, 6) is -0.384. The van der Waals surface area contributed by atoms with Crippen molar-refractivity contribution in [2.75, 3.05) is 13.7 Å². The van der Waals surface area contributed by atoms with Gasteiger partial charge in [0, 0.05) is 25.6 Å². The highest BCUT2D eigenvalue weighted by Crippen LogP contribution is 2.31. The zero-order chi connectivity index (χ0) is 18.8. The standard InChI is InChI=1S/C19H24FN3O3/c1-11-10-14-17(12(2)26-11)22-23(3)18(14)19(24)21-9-8-13-6-5-7-15(25-4)16(13)20/h5-7,11-12H,8-10H2,1-4H3,(H,21,24)/t11-,12+/m1/s1. The third kappa shape index (κ3) is 3.44. The first-order valence-corrected chi connectivity index (χ1v) is 8.73. The maximum Gasteiger partial charge on any atom is 0.269 e. The van der Waals surface area contributed by atoms with Gasteiger partial charge in [0.15, 0.2) is 11.6 Å². The number of nitrogens with one attached hydrogen (secondary N) is 1. The molecule has 7 heteroatoms. The van der Waals surface area contributed by atoms with Gasteiger partial charge in [-0.05, 0) is 31.9 Å². The molecule has 0 saturated carbocycles. The van der Waals surface area contributed by atoms with E-state index >= 15 is 0 Å². The van der Waals surface area contributed by atoms with E-state index in [1.807, 2.05) is 13.8 Å². The number of halogens is 1. The third-order valence-corrected chi connectivity index (χ3v) is 4.65. The van der Waals surface area contributed by atoms with E-state index < -0.39 is 0 Å². The summed E-state index contributed by atoms with van der Waals surface area (Å²) in [6.45, 7) is 4.25. The van der Waals surface area contributed by atoms with Gasteiger partial charge in [-0.1, -0.05) is 12.1 Å². The molecule has 0 aliphatic carbocycles. The highest BCUT2D eigenvalue weighted by molar-refractivity contribution is 5.94. The molecule has 1 aliphatic heterocycles. The van der Waals surface area contributed by atoms with Crippen molar-refractivity contribution in [1.29, 1.82) is 0 Å². The molecule has 2 aromatic rings. The Morgan fingerprint density at radius 3 is 2.96 bits per heavy atom. The normalized spacial score (nSPS) is 19.1. The Kier molecular flexibility index (Phi) is 5.27. The van der Waals surface area contributed by atoms with E-state index in [9.17, 15) is 9.18 Å². The SMILES string of the molecule is COc1cccc(CCNC(=O)c2c3c(nn2C)[C@H](C)O[C@H](C)C3)c1F. The van der Waals surface area contributed by atoms with Crippen LogP contribution in [0.3, 0.4) is 0 Å². The van der Waals surface area contributed by atoms with Crippen LogP contribution in [0.25, 0.3) is 0 Å². The molecule has 1 amide bonds. The zero-order valence-corrected chi connectivity index (χ0v) is 15.5. The number of aromatic nitrogens is 2. The number of methoxy groups -OCH3 is 1. The molecule has 140 valence electrons. The molecule has 0 radical (unpaired) electrons. The smallest absolute Gasteiger partial charge is 0.269 e. The number of nitrogens with zero attached hydrogens (tertiary/aromatic N) is 2. The Labute approximate surface area is 152 Å². The first kappa shape index (κ1) is 18.4. The first-order valence-electron chi connectivity index (χ1n) is 8.73. The molecule has 2 heterocycles. The number of amides is 1. The van der Waals surface area contributed by atoms with Crippen LogP contribution in [0.1, 0.15) is 47.3 Å². The molecule has 0 unspecified atom stereocenters. The van der Waals surface area contributed by atoms with Gasteiger partial charge in [-0.3, -0.25) is 9.48 Å². The highest BCUT2D eigenvalue weighted by atomic mass is 19.1. The lowest BCUT2D eigenvalue weighted by molar-refractivity contribution is -0.00709. The van der Waals surface area contributed by atoms with Gasteiger partial charge >= 0.3 is 0 Å². The summed E-state index contributed by atoms with van der Waals surface area (Å²) in [6.07, 6.45) is 0.942. The Balaban J connectivity index is 1.70. The van der Waals surface area contributed by atoms with Gasteiger partial charge in [-0.25, -0.2) is 4.39 Å². The van der Waals surface area contributed by atoms with Gasteiger partial charge < -0.3 is 14.8 Å². The average molecular weight is 361 g/mol. The molecule has 1 aromatic carbocycles. The molecule has 0 spiro atoms. The maximum atomic E-state index is 14.2. The quantitative estimate of drug-likeness (QED) is 0.889. The van der Waals surface area contributed by atoms with Crippen LogP contribution in [-0.4, -0.2) is 35.4 Å². The lowest BCUT2D eigenvalue weighted by Gasteiger charge is -2.24. The van der Waals surface area contributed by atoms with Crippen LogP contribution in [0, 0.1) is 5.82 Å². The number of carbonyl (C=O) groups excluding carboxylic acids is 1. The molecule has 6 nitrogen and oxygen atoms in total. The van der Waals surface area contributed by atoms with Crippen LogP contribution in [0.4, 0.5) is 4.39 Å². The molecule has 1 N–H and O–H groups in total. The Morgan fingerprint density at radius 1 is 1.46 bits per heavy atom. The Hall–Kier alpha value is -2.41. The van der Waals surface area contributed by atoms with Crippen molar-refractivity contribution >= 4 is 5.91 Å². The van der Waals surface area contributed by atoms with E-state index in [4.69, 9.17) is 9.47 Å². The summed E-state index contributed by atoms with van der Waals surface area (Å²) in [6, 6.07) is 5.00. The van der Waals surface area contributed by atoms with E-state index in [-0.39, 0.29) is 29.7 Å². The summed E-state index contributed by atoms with van der Waals surface area (Å²) in [5, 5.41) is 7.32. The zero-order valence-electron chi connectivity index (χ0n) is 15.5. The van der Waals surface area contributed by atoms with Gasteiger partial charge in [-0.2, -0.15) is 5.10 Å². The number of rotatable bonds is 5. The first-order chi connectivity index (χ1) is 12.4. The van der Waals surface area contributed by atoms with E-state index in [2.05, 4.69) is 10.4 Å². The number of hydrogen-bond acceptors (Lipinski definition) is 4. The minimum atomic E-state index is -0.387. The molecular weight excluding hydrogens is 337 g/mol. The van der Waals surface area contributed by atoms with Crippen LogP contribution in [-0.2, 0) is 24.6 Å². The fourth-order valence-corrected chi connectivity index (χ4v) is 3.45. The monoisotopic (exact) mass is 361 g/mol. The number of carbonyl (C=O) groups is 1. The van der Waals surface area contributed by atoms with Gasteiger partial charge in [0.25, 0.3) is 5.91 Å². The van der Waals surface area contributed by atoms with Crippen LogP contribution < -0.4 is 10.1 Å². The predicted octanol–water partition coefficient (Wildman–Crippen LogP) is 2.56. The van der Waals surface area contributed by atoms with Crippen LogP contribution in [0.2, 0.25) is 0 Å². The maximum absolute atomic E-state index is 14.2. The minimum Gasteiger partial charge on any atom is -0.494 e. The summed E-state index contributed by atoms with van der Waals surface area (Å²) < 4.78 is 26.5. The fourth-order valence-electron chi connectivity index (χ4n) is 3.45. The van der Waals surface area contributed by atoms with Crippen LogP contribution >= 0.6 is 0 Å². The molecule has 1 aromatic heterocycles. The number of fused-ring (bicyclic) bond motifs is 1. The predicted molar refractivity (Wildman–Crippen MR) is 94.9 cm³/mol. The molecule has 0 saturated heterocycles. The van der Waals surface area contributed by atoms with Gasteiger partial charge in [-0.15, -0.1) is 0 Å². The van der Waals surface area contributed by atoms with E-state index in [0.29, 0.717) is 30.6 Å². The van der Waals surface area contributed by atoms with Gasteiger partial charge in [0.2, 0.25) is 0 Å². The van der Waals surface area contributed by atoms with Gasteiger partial charge in [0.1, 0.15) is 5.69 Å². The number of aryl methyl sites for hydroxylation is 1. The topological polar surface area (TPSA) is 65.4 Å². The molecule has 3 rings (SSSR count). The van der Waals surface area contributed by atoms with Crippen LogP contribution in [0.15, 0.2) is 18.2 Å².